The summed E-state index contributed by atoms with van der Waals surface area (Å²) in [4.78, 5) is 2.50. The second-order valence-electron chi connectivity index (χ2n) is 6.73. The van der Waals surface area contributed by atoms with E-state index >= 15 is 0 Å². The molecular formula is C21H25N3O. The van der Waals surface area contributed by atoms with Crippen LogP contribution in [0, 0.1) is 11.3 Å². The Hall–Kier alpha value is -2.35. The zero-order valence-corrected chi connectivity index (χ0v) is 14.9. The second-order valence-corrected chi connectivity index (χ2v) is 6.73. The van der Waals surface area contributed by atoms with E-state index in [2.05, 4.69) is 52.7 Å². The van der Waals surface area contributed by atoms with Crippen LogP contribution in [0.3, 0.4) is 0 Å². The van der Waals surface area contributed by atoms with Gasteiger partial charge in [0.1, 0.15) is 5.75 Å². The minimum absolute atomic E-state index is 0.190. The molecule has 0 amide bonds. The molecule has 2 aromatic carbocycles. The maximum Gasteiger partial charge on any atom is 0.119 e. The van der Waals surface area contributed by atoms with Crippen LogP contribution in [0.25, 0.3) is 0 Å². The molecule has 0 spiro atoms. The lowest BCUT2D eigenvalue weighted by molar-refractivity contribution is 0.153. The van der Waals surface area contributed by atoms with Crippen LogP contribution in [0.5, 0.6) is 5.75 Å². The molecule has 1 fully saturated rings. The van der Waals surface area contributed by atoms with Gasteiger partial charge in [-0.2, -0.15) is 5.26 Å². The van der Waals surface area contributed by atoms with E-state index in [-0.39, 0.29) is 6.10 Å². The van der Waals surface area contributed by atoms with Gasteiger partial charge in [0, 0.05) is 32.2 Å². The van der Waals surface area contributed by atoms with Crippen molar-refractivity contribution in [3.8, 4) is 11.8 Å². The van der Waals surface area contributed by atoms with Crippen molar-refractivity contribution >= 4 is 0 Å². The van der Waals surface area contributed by atoms with Crippen molar-refractivity contribution in [2.24, 2.45) is 0 Å². The minimum Gasteiger partial charge on any atom is -0.491 e. The standard InChI is InChI=1S/C21H25N3O/c1-16(2)25-20-9-7-19(8-10-20)21-14-23-11-12-24(21)15-18-5-3-17(13-22)4-6-18/h3-10,16,21,23H,11-12,14-15H2,1-2H3. The number of ether oxygens (including phenoxy) is 1. The van der Waals surface area contributed by atoms with E-state index in [1.807, 2.05) is 26.0 Å². The van der Waals surface area contributed by atoms with E-state index in [1.54, 1.807) is 0 Å². The van der Waals surface area contributed by atoms with E-state index in [4.69, 9.17) is 10.00 Å². The van der Waals surface area contributed by atoms with Gasteiger partial charge in [0.2, 0.25) is 0 Å². The van der Waals surface area contributed by atoms with Crippen molar-refractivity contribution < 1.29 is 4.74 Å². The summed E-state index contributed by atoms with van der Waals surface area (Å²) in [5, 5.41) is 12.4. The number of piperazine rings is 1. The molecule has 0 aromatic heterocycles. The summed E-state index contributed by atoms with van der Waals surface area (Å²) in [6.07, 6.45) is 0.190. The average molecular weight is 335 g/mol. The summed E-state index contributed by atoms with van der Waals surface area (Å²) in [5.41, 5.74) is 3.25. The molecule has 3 rings (SSSR count). The van der Waals surface area contributed by atoms with Gasteiger partial charge in [-0.1, -0.05) is 24.3 Å². The molecule has 0 saturated carbocycles. The third-order valence-corrected chi connectivity index (χ3v) is 4.46. The molecule has 1 heterocycles. The SMILES string of the molecule is CC(C)Oc1ccc(C2CNCCN2Cc2ccc(C#N)cc2)cc1. The molecule has 4 heteroatoms. The Morgan fingerprint density at radius 1 is 1.16 bits per heavy atom. The van der Waals surface area contributed by atoms with E-state index in [0.717, 1.165) is 31.9 Å². The highest BCUT2D eigenvalue weighted by Gasteiger charge is 2.23. The number of rotatable bonds is 5. The molecule has 4 nitrogen and oxygen atoms in total. The smallest absolute Gasteiger partial charge is 0.119 e. The quantitative estimate of drug-likeness (QED) is 0.909. The molecule has 0 bridgehead atoms. The first kappa shape index (κ1) is 17.5. The Morgan fingerprint density at radius 3 is 2.52 bits per heavy atom. The van der Waals surface area contributed by atoms with Gasteiger partial charge in [0.25, 0.3) is 0 Å². The zero-order chi connectivity index (χ0) is 17.6. The topological polar surface area (TPSA) is 48.3 Å². The number of benzene rings is 2. The van der Waals surface area contributed by atoms with Crippen molar-refractivity contribution in [2.45, 2.75) is 32.5 Å². The van der Waals surface area contributed by atoms with Gasteiger partial charge in [0.15, 0.2) is 0 Å². The minimum atomic E-state index is 0.190. The van der Waals surface area contributed by atoms with Crippen LogP contribution in [0.15, 0.2) is 48.5 Å². The van der Waals surface area contributed by atoms with Crippen LogP contribution in [0.2, 0.25) is 0 Å². The van der Waals surface area contributed by atoms with E-state index < -0.39 is 0 Å². The molecule has 2 aromatic rings. The number of nitrogens with one attached hydrogen (secondary N) is 1. The highest BCUT2D eigenvalue weighted by molar-refractivity contribution is 5.32. The van der Waals surface area contributed by atoms with Crippen molar-refractivity contribution in [1.82, 2.24) is 10.2 Å². The predicted octanol–water partition coefficient (Wildman–Crippen LogP) is 3.49. The van der Waals surface area contributed by atoms with Gasteiger partial charge >= 0.3 is 0 Å². The highest BCUT2D eigenvalue weighted by atomic mass is 16.5. The number of nitriles is 1. The normalized spacial score (nSPS) is 18.1. The van der Waals surface area contributed by atoms with E-state index in [9.17, 15) is 0 Å². The Labute approximate surface area is 150 Å². The summed E-state index contributed by atoms with van der Waals surface area (Å²) in [6.45, 7) is 7.93. The van der Waals surface area contributed by atoms with Crippen molar-refractivity contribution in [3.63, 3.8) is 0 Å². The van der Waals surface area contributed by atoms with E-state index in [0.29, 0.717) is 11.6 Å². The second kappa shape index (κ2) is 8.15. The summed E-state index contributed by atoms with van der Waals surface area (Å²) >= 11 is 0. The predicted molar refractivity (Wildman–Crippen MR) is 99.4 cm³/mol. The number of nitrogens with zero attached hydrogens (tertiary/aromatic N) is 2. The number of hydrogen-bond acceptors (Lipinski definition) is 4. The molecule has 1 aliphatic rings. The van der Waals surface area contributed by atoms with Crippen LogP contribution in [-0.4, -0.2) is 30.6 Å². The molecular weight excluding hydrogens is 310 g/mol. The highest BCUT2D eigenvalue weighted by Crippen LogP contribution is 2.26. The lowest BCUT2D eigenvalue weighted by Gasteiger charge is -2.36. The van der Waals surface area contributed by atoms with Gasteiger partial charge in [-0.3, -0.25) is 4.90 Å². The lowest BCUT2D eigenvalue weighted by Crippen LogP contribution is -2.45. The summed E-state index contributed by atoms with van der Waals surface area (Å²) in [7, 11) is 0. The maximum atomic E-state index is 8.94. The molecule has 1 aliphatic heterocycles. The van der Waals surface area contributed by atoms with Crippen LogP contribution in [0.1, 0.15) is 36.6 Å². The summed E-state index contributed by atoms with van der Waals surface area (Å²) < 4.78 is 5.75. The summed E-state index contributed by atoms with van der Waals surface area (Å²) in [6, 6.07) is 18.9. The third kappa shape index (κ3) is 4.60. The maximum absolute atomic E-state index is 8.94. The fraction of sp³-hybridized carbons (Fsp3) is 0.381. The van der Waals surface area contributed by atoms with Crippen molar-refractivity contribution in [2.75, 3.05) is 19.6 Å². The van der Waals surface area contributed by atoms with Crippen LogP contribution < -0.4 is 10.1 Å². The third-order valence-electron chi connectivity index (χ3n) is 4.46. The fourth-order valence-electron chi connectivity index (χ4n) is 3.22. The van der Waals surface area contributed by atoms with Crippen molar-refractivity contribution in [3.05, 3.63) is 65.2 Å². The van der Waals surface area contributed by atoms with Crippen LogP contribution in [-0.2, 0) is 6.54 Å². The molecule has 0 radical (unpaired) electrons. The molecule has 1 N–H and O–H groups in total. The Bertz CT molecular complexity index is 716. The summed E-state index contributed by atoms with van der Waals surface area (Å²) in [5.74, 6) is 0.918. The molecule has 0 aliphatic carbocycles. The zero-order valence-electron chi connectivity index (χ0n) is 14.9. The first-order valence-electron chi connectivity index (χ1n) is 8.86. The van der Waals surface area contributed by atoms with Gasteiger partial charge in [-0.15, -0.1) is 0 Å². The molecule has 1 saturated heterocycles. The lowest BCUT2D eigenvalue weighted by atomic mass is 10.0. The molecule has 1 unspecified atom stereocenters. The monoisotopic (exact) mass is 335 g/mol. The van der Waals surface area contributed by atoms with Crippen molar-refractivity contribution in [1.29, 1.82) is 5.26 Å². The number of hydrogen-bond donors (Lipinski definition) is 1. The average Bonchev–Trinajstić information content (AvgIpc) is 2.63. The largest absolute Gasteiger partial charge is 0.491 e. The Morgan fingerprint density at radius 2 is 1.88 bits per heavy atom. The van der Waals surface area contributed by atoms with Gasteiger partial charge in [0.05, 0.1) is 17.7 Å². The van der Waals surface area contributed by atoms with Crippen LogP contribution >= 0.6 is 0 Å². The van der Waals surface area contributed by atoms with Crippen LogP contribution in [0.4, 0.5) is 0 Å². The first-order valence-corrected chi connectivity index (χ1v) is 8.86. The molecule has 130 valence electrons. The van der Waals surface area contributed by atoms with Gasteiger partial charge in [-0.05, 0) is 49.2 Å². The van der Waals surface area contributed by atoms with E-state index in [1.165, 1.54) is 11.1 Å². The Kier molecular flexibility index (Phi) is 5.70. The fourth-order valence-corrected chi connectivity index (χ4v) is 3.22. The van der Waals surface area contributed by atoms with Gasteiger partial charge < -0.3 is 10.1 Å². The Balaban J connectivity index is 1.72. The molecule has 1 atom stereocenters. The van der Waals surface area contributed by atoms with Gasteiger partial charge in [-0.25, -0.2) is 0 Å². The first-order chi connectivity index (χ1) is 12.2. The molecule has 25 heavy (non-hydrogen) atoms.